The molecule has 2 aromatic rings. The van der Waals surface area contributed by atoms with Crippen molar-refractivity contribution >= 4 is 11.6 Å². The molecule has 2 aromatic heterocycles. The molecule has 2 aliphatic rings. The molecule has 2 fully saturated rings. The van der Waals surface area contributed by atoms with Gasteiger partial charge in [0, 0.05) is 6.04 Å². The van der Waals surface area contributed by atoms with Crippen molar-refractivity contribution in [3.63, 3.8) is 0 Å². The third-order valence-electron chi connectivity index (χ3n) is 5.83. The summed E-state index contributed by atoms with van der Waals surface area (Å²) in [4.78, 5) is 22.7. The van der Waals surface area contributed by atoms with Gasteiger partial charge in [-0.1, -0.05) is 6.42 Å². The maximum Gasteiger partial charge on any atom is 0.307 e. The van der Waals surface area contributed by atoms with E-state index in [-0.39, 0.29) is 29.9 Å². The van der Waals surface area contributed by atoms with Gasteiger partial charge in [0.15, 0.2) is 5.76 Å². The largest absolute Gasteiger partial charge is 0.454 e. The Morgan fingerprint density at radius 3 is 2.96 bits per heavy atom. The smallest absolute Gasteiger partial charge is 0.307 e. The van der Waals surface area contributed by atoms with E-state index >= 15 is 0 Å². The van der Waals surface area contributed by atoms with Crippen LogP contribution in [0.1, 0.15) is 48.9 Å². The molecule has 0 aromatic carbocycles. The van der Waals surface area contributed by atoms with Gasteiger partial charge in [0.05, 0.1) is 11.5 Å². The SMILES string of the molecule is CC(NC(=O)c1ccc(Cn2cc([N+](=O)[O-])cn2)o1)C1CC2CCC1C2. The van der Waals surface area contributed by atoms with Crippen LogP contribution in [-0.2, 0) is 6.54 Å². The Morgan fingerprint density at radius 1 is 1.46 bits per heavy atom. The van der Waals surface area contributed by atoms with Crippen LogP contribution >= 0.6 is 0 Å². The first-order valence-corrected chi connectivity index (χ1v) is 9.06. The fraction of sp³-hybridized carbons (Fsp3) is 0.556. The number of nitro groups is 1. The molecule has 0 saturated heterocycles. The van der Waals surface area contributed by atoms with Crippen LogP contribution in [-0.4, -0.2) is 26.7 Å². The fourth-order valence-corrected chi connectivity index (χ4v) is 4.57. The van der Waals surface area contributed by atoms with Crippen LogP contribution in [0.25, 0.3) is 0 Å². The van der Waals surface area contributed by atoms with Crippen molar-refractivity contribution in [2.24, 2.45) is 17.8 Å². The molecule has 4 rings (SSSR count). The second kappa shape index (κ2) is 6.59. The van der Waals surface area contributed by atoms with Crippen LogP contribution in [0.2, 0.25) is 0 Å². The van der Waals surface area contributed by atoms with Gasteiger partial charge in [-0.15, -0.1) is 0 Å². The van der Waals surface area contributed by atoms with Crippen LogP contribution in [0.3, 0.4) is 0 Å². The zero-order valence-electron chi connectivity index (χ0n) is 14.6. The Bertz CT molecular complexity index is 827. The highest BCUT2D eigenvalue weighted by Gasteiger charge is 2.42. The second-order valence-corrected chi connectivity index (χ2v) is 7.52. The molecule has 2 aliphatic carbocycles. The summed E-state index contributed by atoms with van der Waals surface area (Å²) in [6, 6.07) is 3.47. The number of amides is 1. The first-order valence-electron chi connectivity index (χ1n) is 9.06. The number of hydrogen-bond donors (Lipinski definition) is 1. The van der Waals surface area contributed by atoms with E-state index in [1.54, 1.807) is 12.1 Å². The van der Waals surface area contributed by atoms with Crippen molar-refractivity contribution in [1.82, 2.24) is 15.1 Å². The molecule has 8 nitrogen and oxygen atoms in total. The molecule has 26 heavy (non-hydrogen) atoms. The number of hydrogen-bond acceptors (Lipinski definition) is 5. The van der Waals surface area contributed by atoms with Crippen LogP contribution in [0.4, 0.5) is 5.69 Å². The maximum absolute atomic E-state index is 12.5. The lowest BCUT2D eigenvalue weighted by Gasteiger charge is -2.28. The molecule has 1 N–H and O–H groups in total. The second-order valence-electron chi connectivity index (χ2n) is 7.52. The molecular formula is C18H22N4O4. The third-order valence-corrected chi connectivity index (χ3v) is 5.83. The number of rotatable bonds is 6. The molecule has 1 amide bonds. The molecule has 0 aliphatic heterocycles. The summed E-state index contributed by atoms with van der Waals surface area (Å²) in [5, 5.41) is 17.7. The van der Waals surface area contributed by atoms with E-state index < -0.39 is 4.92 Å². The van der Waals surface area contributed by atoms with Gasteiger partial charge in [0.2, 0.25) is 0 Å². The minimum absolute atomic E-state index is 0.0748. The molecule has 2 saturated carbocycles. The van der Waals surface area contributed by atoms with Crippen molar-refractivity contribution in [3.8, 4) is 0 Å². The van der Waals surface area contributed by atoms with Gasteiger partial charge in [-0.05, 0) is 56.1 Å². The fourth-order valence-electron chi connectivity index (χ4n) is 4.57. The summed E-state index contributed by atoms with van der Waals surface area (Å²) in [6.45, 7) is 2.32. The highest BCUT2D eigenvalue weighted by Crippen LogP contribution is 2.49. The lowest BCUT2D eigenvalue weighted by molar-refractivity contribution is -0.385. The zero-order chi connectivity index (χ0) is 18.3. The Morgan fingerprint density at radius 2 is 2.31 bits per heavy atom. The van der Waals surface area contributed by atoms with Crippen LogP contribution in [0, 0.1) is 27.9 Å². The number of carbonyl (C=O) groups excluding carboxylic acids is 1. The standard InChI is InChI=1S/C18H22N4O4/c1-11(16-7-12-2-3-13(16)6-12)20-18(23)17-5-4-15(26-17)10-21-9-14(8-19-21)22(24)25/h4-5,8-9,11-13,16H,2-3,6-7,10H2,1H3,(H,20,23). The molecule has 4 atom stereocenters. The van der Waals surface area contributed by atoms with Crippen molar-refractivity contribution < 1.29 is 14.1 Å². The van der Waals surface area contributed by atoms with Gasteiger partial charge in [0.1, 0.15) is 18.2 Å². The number of nitrogens with zero attached hydrogens (tertiary/aromatic N) is 3. The zero-order valence-corrected chi connectivity index (χ0v) is 14.6. The number of aromatic nitrogens is 2. The van der Waals surface area contributed by atoms with Gasteiger partial charge in [-0.25, -0.2) is 0 Å². The average molecular weight is 358 g/mol. The third kappa shape index (κ3) is 3.23. The maximum atomic E-state index is 12.5. The van der Waals surface area contributed by atoms with Crippen LogP contribution in [0.5, 0.6) is 0 Å². The van der Waals surface area contributed by atoms with Gasteiger partial charge >= 0.3 is 5.69 Å². The first-order chi connectivity index (χ1) is 12.5. The first kappa shape index (κ1) is 16.8. The molecule has 138 valence electrons. The molecule has 0 spiro atoms. The van der Waals surface area contributed by atoms with E-state index in [4.69, 9.17) is 4.42 Å². The van der Waals surface area contributed by atoms with Gasteiger partial charge in [0.25, 0.3) is 5.91 Å². The minimum atomic E-state index is -0.498. The molecule has 4 unspecified atom stereocenters. The van der Waals surface area contributed by atoms with Gasteiger partial charge in [-0.3, -0.25) is 19.6 Å². The van der Waals surface area contributed by atoms with E-state index in [0.29, 0.717) is 11.7 Å². The molecule has 8 heteroatoms. The monoisotopic (exact) mass is 358 g/mol. The Kier molecular flexibility index (Phi) is 4.26. The molecular weight excluding hydrogens is 336 g/mol. The Balaban J connectivity index is 1.36. The predicted octanol–water partition coefficient (Wildman–Crippen LogP) is 2.99. The average Bonchev–Trinajstić information content (AvgIpc) is 3.39. The normalized spacial score (nSPS) is 25.3. The van der Waals surface area contributed by atoms with Crippen molar-refractivity contribution in [3.05, 3.63) is 46.2 Å². The molecule has 2 heterocycles. The molecule has 0 radical (unpaired) electrons. The topological polar surface area (TPSA) is 103 Å². The predicted molar refractivity (Wildman–Crippen MR) is 92.6 cm³/mol. The number of carbonyl (C=O) groups is 1. The van der Waals surface area contributed by atoms with E-state index in [0.717, 1.165) is 11.8 Å². The van der Waals surface area contributed by atoms with Crippen molar-refractivity contribution in [2.75, 3.05) is 0 Å². The van der Waals surface area contributed by atoms with Crippen molar-refractivity contribution in [1.29, 1.82) is 0 Å². The van der Waals surface area contributed by atoms with E-state index in [1.807, 2.05) is 0 Å². The highest BCUT2D eigenvalue weighted by atomic mass is 16.6. The lowest BCUT2D eigenvalue weighted by atomic mass is 9.84. The summed E-state index contributed by atoms with van der Waals surface area (Å²) in [7, 11) is 0. The number of furan rings is 1. The van der Waals surface area contributed by atoms with Gasteiger partial charge < -0.3 is 9.73 Å². The number of fused-ring (bicyclic) bond motifs is 2. The van der Waals surface area contributed by atoms with Crippen LogP contribution < -0.4 is 5.32 Å². The summed E-state index contributed by atoms with van der Waals surface area (Å²) < 4.78 is 7.02. The Hall–Kier alpha value is -2.64. The van der Waals surface area contributed by atoms with Crippen LogP contribution in [0.15, 0.2) is 28.9 Å². The minimum Gasteiger partial charge on any atom is -0.454 e. The van der Waals surface area contributed by atoms with E-state index in [1.165, 1.54) is 42.8 Å². The van der Waals surface area contributed by atoms with Gasteiger partial charge in [-0.2, -0.15) is 5.10 Å². The summed E-state index contributed by atoms with van der Waals surface area (Å²) in [5.41, 5.74) is -0.0748. The molecule has 2 bridgehead atoms. The quantitative estimate of drug-likeness (QED) is 0.631. The summed E-state index contributed by atoms with van der Waals surface area (Å²) in [6.07, 6.45) is 7.68. The van der Waals surface area contributed by atoms with E-state index in [2.05, 4.69) is 17.3 Å². The van der Waals surface area contributed by atoms with Crippen molar-refractivity contribution in [2.45, 2.75) is 45.2 Å². The lowest BCUT2D eigenvalue weighted by Crippen LogP contribution is -2.40. The highest BCUT2D eigenvalue weighted by molar-refractivity contribution is 5.91. The Labute approximate surface area is 150 Å². The number of nitrogens with one attached hydrogen (secondary N) is 1. The summed E-state index contributed by atoms with van der Waals surface area (Å²) in [5.74, 6) is 2.74. The van der Waals surface area contributed by atoms with E-state index in [9.17, 15) is 14.9 Å². The summed E-state index contributed by atoms with van der Waals surface area (Å²) >= 11 is 0.